The molecule has 0 saturated heterocycles. The molecule has 0 aliphatic carbocycles. The number of methoxy groups -OCH3 is 1. The molecule has 0 saturated carbocycles. The van der Waals surface area contributed by atoms with Crippen LogP contribution in [0.1, 0.15) is 59.3 Å². The van der Waals surface area contributed by atoms with Crippen molar-refractivity contribution >= 4 is 34.9 Å². The molecule has 10 heteroatoms. The zero-order chi connectivity index (χ0) is 23.8. The maximum Gasteiger partial charge on any atom is 0.270 e. The molecule has 3 amide bonds. The Kier molecular flexibility index (Phi) is 9.01. The van der Waals surface area contributed by atoms with Crippen LogP contribution in [0.15, 0.2) is 24.3 Å². The predicted octanol–water partition coefficient (Wildman–Crippen LogP) is 2.42. The van der Waals surface area contributed by atoms with Gasteiger partial charge in [-0.2, -0.15) is 4.37 Å². The van der Waals surface area contributed by atoms with Crippen LogP contribution < -0.4 is 21.5 Å². The van der Waals surface area contributed by atoms with E-state index >= 15 is 0 Å². The molecule has 0 fully saturated rings. The number of nitrogen functional groups attached to an aromatic ring is 1. The first-order valence-corrected chi connectivity index (χ1v) is 11.2. The van der Waals surface area contributed by atoms with Gasteiger partial charge in [-0.3, -0.25) is 14.4 Å². The number of primary amides is 1. The lowest BCUT2D eigenvalue weighted by atomic mass is 10.1. The Labute approximate surface area is 192 Å². The van der Waals surface area contributed by atoms with E-state index in [9.17, 15) is 14.4 Å². The molecule has 1 aromatic carbocycles. The molecular weight excluding hydrogens is 430 g/mol. The van der Waals surface area contributed by atoms with Crippen LogP contribution >= 0.6 is 11.5 Å². The summed E-state index contributed by atoms with van der Waals surface area (Å²) in [5.74, 6) is -0.467. The highest BCUT2D eigenvalue weighted by Crippen LogP contribution is 2.26. The maximum absolute atomic E-state index is 13.5. The van der Waals surface area contributed by atoms with Gasteiger partial charge in [0.1, 0.15) is 16.7 Å². The topological polar surface area (TPSA) is 141 Å². The molecule has 1 unspecified atom stereocenters. The Morgan fingerprint density at radius 3 is 2.56 bits per heavy atom. The van der Waals surface area contributed by atoms with Gasteiger partial charge >= 0.3 is 0 Å². The molecule has 32 heavy (non-hydrogen) atoms. The van der Waals surface area contributed by atoms with Crippen molar-refractivity contribution in [2.24, 2.45) is 11.7 Å². The summed E-state index contributed by atoms with van der Waals surface area (Å²) in [4.78, 5) is 39.6. The summed E-state index contributed by atoms with van der Waals surface area (Å²) in [5, 5.41) is 2.92. The Morgan fingerprint density at radius 2 is 2.00 bits per heavy atom. The summed E-state index contributed by atoms with van der Waals surface area (Å²) < 4.78 is 9.20. The first kappa shape index (κ1) is 25.1. The fourth-order valence-electron chi connectivity index (χ4n) is 3.20. The van der Waals surface area contributed by atoms with Gasteiger partial charge in [-0.05, 0) is 48.0 Å². The molecule has 0 bridgehead atoms. The van der Waals surface area contributed by atoms with E-state index in [1.165, 1.54) is 4.90 Å². The lowest BCUT2D eigenvalue weighted by Gasteiger charge is -2.30. The van der Waals surface area contributed by atoms with Crippen molar-refractivity contribution in [3.63, 3.8) is 0 Å². The fraction of sp³-hybridized carbons (Fsp3) is 0.455. The highest BCUT2D eigenvalue weighted by molar-refractivity contribution is 7.09. The number of nitrogens with zero attached hydrogens (tertiary/aromatic N) is 2. The average molecular weight is 462 g/mol. The van der Waals surface area contributed by atoms with Gasteiger partial charge in [0.25, 0.3) is 11.8 Å². The smallest absolute Gasteiger partial charge is 0.270 e. The van der Waals surface area contributed by atoms with E-state index in [0.717, 1.165) is 23.5 Å². The van der Waals surface area contributed by atoms with E-state index in [-0.39, 0.29) is 28.7 Å². The minimum atomic E-state index is -0.810. The average Bonchev–Trinajstić information content (AvgIpc) is 3.14. The molecule has 1 aromatic heterocycles. The van der Waals surface area contributed by atoms with Crippen molar-refractivity contribution in [3.8, 4) is 5.75 Å². The van der Waals surface area contributed by atoms with Gasteiger partial charge in [0.05, 0.1) is 12.8 Å². The molecule has 1 heterocycles. The number of aromatic nitrogens is 1. The second-order valence-corrected chi connectivity index (χ2v) is 8.59. The van der Waals surface area contributed by atoms with Crippen molar-refractivity contribution in [2.45, 2.75) is 46.2 Å². The minimum absolute atomic E-state index is 0.0711. The molecule has 9 nitrogen and oxygen atoms in total. The molecule has 5 N–H and O–H groups in total. The fourth-order valence-corrected chi connectivity index (χ4v) is 3.96. The van der Waals surface area contributed by atoms with Crippen LogP contribution in [-0.4, -0.2) is 46.7 Å². The van der Waals surface area contributed by atoms with Crippen molar-refractivity contribution in [1.82, 2.24) is 14.6 Å². The standard InChI is InChI=1S/C22H31N5O4S/c1-5-16(21(29)25-10-9-13(2)3)27(12-14-7-6-8-15(11-14)31-4)22(30)19-17(23)18(20(24)28)26-32-19/h6-8,11,13,16H,5,9-10,12,23H2,1-4H3,(H2,24,28)(H,25,29). The third-order valence-electron chi connectivity index (χ3n) is 4.99. The maximum atomic E-state index is 13.5. The molecule has 0 spiro atoms. The lowest BCUT2D eigenvalue weighted by molar-refractivity contribution is -0.126. The highest BCUT2D eigenvalue weighted by Gasteiger charge is 2.32. The second-order valence-electron chi connectivity index (χ2n) is 7.82. The van der Waals surface area contributed by atoms with Gasteiger partial charge in [-0.1, -0.05) is 32.9 Å². The zero-order valence-electron chi connectivity index (χ0n) is 18.9. The minimum Gasteiger partial charge on any atom is -0.497 e. The molecule has 0 aliphatic heterocycles. The quantitative estimate of drug-likeness (QED) is 0.469. The Balaban J connectivity index is 2.39. The SMILES string of the molecule is CCC(C(=O)NCCC(C)C)N(Cc1cccc(OC)c1)C(=O)c1snc(C(N)=O)c1N. The summed E-state index contributed by atoms with van der Waals surface area (Å²) in [6.07, 6.45) is 1.22. The first-order chi connectivity index (χ1) is 15.2. The molecule has 2 rings (SSSR count). The molecular formula is C22H31N5O4S. The van der Waals surface area contributed by atoms with E-state index in [1.807, 2.05) is 19.1 Å². The molecule has 0 aliphatic rings. The van der Waals surface area contributed by atoms with E-state index in [2.05, 4.69) is 23.5 Å². The van der Waals surface area contributed by atoms with E-state index in [4.69, 9.17) is 16.2 Å². The Bertz CT molecular complexity index is 960. The molecule has 1 atom stereocenters. The van der Waals surface area contributed by atoms with Crippen LogP contribution in [0, 0.1) is 5.92 Å². The Morgan fingerprint density at radius 1 is 1.28 bits per heavy atom. The summed E-state index contributed by atoms with van der Waals surface area (Å²) in [6.45, 7) is 6.65. The van der Waals surface area contributed by atoms with E-state index in [1.54, 1.807) is 19.2 Å². The Hall–Kier alpha value is -3.14. The van der Waals surface area contributed by atoms with Gasteiger partial charge in [0.15, 0.2) is 5.69 Å². The van der Waals surface area contributed by atoms with Crippen molar-refractivity contribution in [1.29, 1.82) is 0 Å². The van der Waals surface area contributed by atoms with E-state index in [0.29, 0.717) is 24.6 Å². The van der Waals surface area contributed by atoms with E-state index < -0.39 is 17.9 Å². The molecule has 2 aromatic rings. The van der Waals surface area contributed by atoms with Crippen molar-refractivity contribution < 1.29 is 19.1 Å². The van der Waals surface area contributed by atoms with Crippen LogP contribution in [0.25, 0.3) is 0 Å². The molecule has 174 valence electrons. The third-order valence-corrected chi connectivity index (χ3v) is 5.84. The summed E-state index contributed by atoms with van der Waals surface area (Å²) in [5.41, 5.74) is 11.9. The highest BCUT2D eigenvalue weighted by atomic mass is 32.1. The number of amides is 3. The summed E-state index contributed by atoms with van der Waals surface area (Å²) in [6, 6.07) is 6.52. The van der Waals surface area contributed by atoms with Gasteiger partial charge in [-0.25, -0.2) is 0 Å². The predicted molar refractivity (Wildman–Crippen MR) is 124 cm³/mol. The number of nitrogens with two attached hydrogens (primary N) is 2. The number of nitrogens with one attached hydrogen (secondary N) is 1. The van der Waals surface area contributed by atoms with Gasteiger partial charge in [0, 0.05) is 13.1 Å². The second kappa shape index (κ2) is 11.5. The number of hydrogen-bond donors (Lipinski definition) is 3. The number of benzene rings is 1. The van der Waals surface area contributed by atoms with Gasteiger partial charge in [-0.15, -0.1) is 0 Å². The number of hydrogen-bond acceptors (Lipinski definition) is 7. The van der Waals surface area contributed by atoms with Crippen molar-refractivity contribution in [2.75, 3.05) is 19.4 Å². The summed E-state index contributed by atoms with van der Waals surface area (Å²) >= 11 is 0.797. The van der Waals surface area contributed by atoms with Gasteiger partial charge in [0.2, 0.25) is 5.91 Å². The number of anilines is 1. The normalized spacial score (nSPS) is 11.8. The third kappa shape index (κ3) is 6.19. The van der Waals surface area contributed by atoms with Crippen LogP contribution in [0.4, 0.5) is 5.69 Å². The number of carbonyl (C=O) groups excluding carboxylic acids is 3. The zero-order valence-corrected chi connectivity index (χ0v) is 19.7. The van der Waals surface area contributed by atoms with Crippen LogP contribution in [0.5, 0.6) is 5.75 Å². The largest absolute Gasteiger partial charge is 0.497 e. The van der Waals surface area contributed by atoms with Crippen LogP contribution in [0.2, 0.25) is 0 Å². The number of carbonyl (C=O) groups is 3. The first-order valence-electron chi connectivity index (χ1n) is 10.5. The van der Waals surface area contributed by atoms with Crippen molar-refractivity contribution in [3.05, 3.63) is 40.4 Å². The molecule has 0 radical (unpaired) electrons. The van der Waals surface area contributed by atoms with Crippen LogP contribution in [-0.2, 0) is 11.3 Å². The number of rotatable bonds is 11. The number of ether oxygens (including phenoxy) is 1. The lowest BCUT2D eigenvalue weighted by Crippen LogP contribution is -2.49. The van der Waals surface area contributed by atoms with Crippen LogP contribution in [0.3, 0.4) is 0 Å². The monoisotopic (exact) mass is 461 g/mol. The van der Waals surface area contributed by atoms with Gasteiger partial charge < -0.3 is 26.4 Å². The summed E-state index contributed by atoms with van der Waals surface area (Å²) in [7, 11) is 1.56.